The molecule has 3 nitrogen and oxygen atoms in total. The minimum Gasteiger partial charge on any atom is -0.358 e. The number of benzene rings is 1. The fourth-order valence-corrected chi connectivity index (χ4v) is 3.50. The van der Waals surface area contributed by atoms with Gasteiger partial charge in [0.05, 0.1) is 0 Å². The van der Waals surface area contributed by atoms with Crippen molar-refractivity contribution in [3.63, 3.8) is 0 Å². The lowest BCUT2D eigenvalue weighted by Gasteiger charge is -2.29. The number of H-pyrrole nitrogens is 1. The van der Waals surface area contributed by atoms with Gasteiger partial charge in [-0.15, -0.1) is 0 Å². The Bertz CT molecular complexity index is 702. The molecule has 2 N–H and O–H groups in total. The summed E-state index contributed by atoms with van der Waals surface area (Å²) in [7, 11) is 0. The Hall–Kier alpha value is -1.84. The van der Waals surface area contributed by atoms with Crippen molar-refractivity contribution in [2.24, 2.45) is 5.92 Å². The normalized spacial score (nSPS) is 21.9. The van der Waals surface area contributed by atoms with E-state index in [1.54, 1.807) is 12.1 Å². The van der Waals surface area contributed by atoms with Gasteiger partial charge in [-0.25, -0.2) is 4.39 Å². The number of carbonyl (C=O) groups excluding carboxylic acids is 1. The van der Waals surface area contributed by atoms with E-state index in [-0.39, 0.29) is 23.7 Å². The number of carbonyl (C=O) groups is 1. The van der Waals surface area contributed by atoms with Crippen LogP contribution < -0.4 is 5.32 Å². The molecule has 1 aromatic carbocycles. The summed E-state index contributed by atoms with van der Waals surface area (Å²) in [5.74, 6) is 0.234. The minimum absolute atomic E-state index is 0.188. The molecule has 1 saturated carbocycles. The first-order valence-corrected chi connectivity index (χ1v) is 7.80. The van der Waals surface area contributed by atoms with Crippen molar-refractivity contribution in [2.45, 2.75) is 44.6 Å². The van der Waals surface area contributed by atoms with Crippen molar-refractivity contribution in [3.05, 3.63) is 35.3 Å². The van der Waals surface area contributed by atoms with E-state index in [1.807, 2.05) is 0 Å². The number of fused-ring (bicyclic) bond motifs is 3. The summed E-state index contributed by atoms with van der Waals surface area (Å²) in [4.78, 5) is 15.5. The molecule has 0 bridgehead atoms. The molecule has 0 aliphatic heterocycles. The SMILES string of the molecule is O=C(NC1CCc2[nH]c3ccc(F)cc3c2C1)C1CCC1. The maximum atomic E-state index is 13.5. The Kier molecular flexibility index (Phi) is 2.98. The molecule has 2 aromatic rings. The highest BCUT2D eigenvalue weighted by Crippen LogP contribution is 2.31. The fraction of sp³-hybridized carbons (Fsp3) is 0.471. The van der Waals surface area contributed by atoms with Gasteiger partial charge in [-0.1, -0.05) is 6.42 Å². The van der Waals surface area contributed by atoms with Crippen LogP contribution in [0.5, 0.6) is 0 Å². The van der Waals surface area contributed by atoms with Gasteiger partial charge in [-0.2, -0.15) is 0 Å². The molecule has 1 heterocycles. The number of halogens is 1. The second-order valence-electron chi connectivity index (χ2n) is 6.35. The number of aromatic amines is 1. The molecular formula is C17H19FN2O. The summed E-state index contributed by atoms with van der Waals surface area (Å²) in [6.45, 7) is 0. The molecule has 2 aliphatic carbocycles. The van der Waals surface area contributed by atoms with Crippen molar-refractivity contribution >= 4 is 16.8 Å². The maximum Gasteiger partial charge on any atom is 0.223 e. The van der Waals surface area contributed by atoms with Gasteiger partial charge in [-0.05, 0) is 55.9 Å². The van der Waals surface area contributed by atoms with Gasteiger partial charge in [0.2, 0.25) is 5.91 Å². The molecule has 4 rings (SSSR count). The molecule has 1 aromatic heterocycles. The van der Waals surface area contributed by atoms with Crippen molar-refractivity contribution in [2.75, 3.05) is 0 Å². The van der Waals surface area contributed by atoms with Gasteiger partial charge in [0.15, 0.2) is 0 Å². The summed E-state index contributed by atoms with van der Waals surface area (Å²) in [5, 5.41) is 4.15. The molecule has 1 unspecified atom stereocenters. The molecule has 1 amide bonds. The molecule has 0 spiro atoms. The fourth-order valence-electron chi connectivity index (χ4n) is 3.50. The standard InChI is InChI=1S/C17H19FN2O/c18-11-4-6-15-13(8-11)14-9-12(5-7-16(14)20-15)19-17(21)10-2-1-3-10/h4,6,8,10,12,20H,1-3,5,7,9H2,(H,19,21). The highest BCUT2D eigenvalue weighted by Gasteiger charge is 2.29. The Morgan fingerprint density at radius 3 is 2.90 bits per heavy atom. The highest BCUT2D eigenvalue weighted by molar-refractivity contribution is 5.85. The lowest BCUT2D eigenvalue weighted by molar-refractivity contribution is -0.128. The van der Waals surface area contributed by atoms with Crippen molar-refractivity contribution in [1.29, 1.82) is 0 Å². The maximum absolute atomic E-state index is 13.5. The molecule has 0 radical (unpaired) electrons. The van der Waals surface area contributed by atoms with E-state index in [9.17, 15) is 9.18 Å². The quantitative estimate of drug-likeness (QED) is 0.875. The van der Waals surface area contributed by atoms with E-state index in [1.165, 1.54) is 23.7 Å². The van der Waals surface area contributed by atoms with E-state index >= 15 is 0 Å². The zero-order valence-electron chi connectivity index (χ0n) is 11.9. The van der Waals surface area contributed by atoms with Crippen LogP contribution in [0.3, 0.4) is 0 Å². The second kappa shape index (κ2) is 4.86. The number of amides is 1. The number of hydrogen-bond acceptors (Lipinski definition) is 1. The second-order valence-corrected chi connectivity index (χ2v) is 6.35. The van der Waals surface area contributed by atoms with Gasteiger partial charge in [0.1, 0.15) is 5.82 Å². The van der Waals surface area contributed by atoms with Crippen molar-refractivity contribution in [3.8, 4) is 0 Å². The topological polar surface area (TPSA) is 44.9 Å². The lowest BCUT2D eigenvalue weighted by Crippen LogP contribution is -2.43. The summed E-state index contributed by atoms with van der Waals surface area (Å²) in [5.41, 5.74) is 3.37. The zero-order chi connectivity index (χ0) is 14.4. The molecule has 110 valence electrons. The number of aryl methyl sites for hydroxylation is 1. The summed E-state index contributed by atoms with van der Waals surface area (Å²) in [6, 6.07) is 5.07. The van der Waals surface area contributed by atoms with Crippen molar-refractivity contribution < 1.29 is 9.18 Å². The van der Waals surface area contributed by atoms with Crippen LogP contribution in [0.15, 0.2) is 18.2 Å². The minimum atomic E-state index is -0.204. The van der Waals surface area contributed by atoms with Crippen LogP contribution in [0, 0.1) is 11.7 Å². The number of hydrogen-bond donors (Lipinski definition) is 2. The van der Waals surface area contributed by atoms with Gasteiger partial charge in [0, 0.05) is 28.6 Å². The molecule has 4 heteroatoms. The molecular weight excluding hydrogens is 267 g/mol. The van der Waals surface area contributed by atoms with Crippen LogP contribution >= 0.6 is 0 Å². The first kappa shape index (κ1) is 12.9. The Morgan fingerprint density at radius 1 is 1.29 bits per heavy atom. The first-order chi connectivity index (χ1) is 10.2. The first-order valence-electron chi connectivity index (χ1n) is 7.80. The molecule has 1 fully saturated rings. The van der Waals surface area contributed by atoms with Gasteiger partial charge >= 0.3 is 0 Å². The van der Waals surface area contributed by atoms with Crippen LogP contribution in [-0.2, 0) is 17.6 Å². The van der Waals surface area contributed by atoms with Crippen LogP contribution in [0.2, 0.25) is 0 Å². The van der Waals surface area contributed by atoms with E-state index in [2.05, 4.69) is 10.3 Å². The predicted molar refractivity (Wildman–Crippen MR) is 79.6 cm³/mol. The van der Waals surface area contributed by atoms with Crippen LogP contribution in [0.25, 0.3) is 10.9 Å². The average molecular weight is 286 g/mol. The van der Waals surface area contributed by atoms with Crippen molar-refractivity contribution in [1.82, 2.24) is 10.3 Å². The summed E-state index contributed by atoms with van der Waals surface area (Å²) >= 11 is 0. The van der Waals surface area contributed by atoms with Crippen LogP contribution in [-0.4, -0.2) is 16.9 Å². The van der Waals surface area contributed by atoms with Gasteiger partial charge < -0.3 is 10.3 Å². The Balaban J connectivity index is 1.57. The Morgan fingerprint density at radius 2 is 2.14 bits per heavy atom. The van der Waals surface area contributed by atoms with E-state index < -0.39 is 0 Å². The van der Waals surface area contributed by atoms with E-state index in [0.29, 0.717) is 0 Å². The summed E-state index contributed by atoms with van der Waals surface area (Å²) in [6.07, 6.45) is 5.91. The third-order valence-corrected chi connectivity index (χ3v) is 4.97. The lowest BCUT2D eigenvalue weighted by atomic mass is 9.84. The number of aromatic nitrogens is 1. The predicted octanol–water partition coefficient (Wildman–Crippen LogP) is 3.08. The van der Waals surface area contributed by atoms with E-state index in [4.69, 9.17) is 0 Å². The summed E-state index contributed by atoms with van der Waals surface area (Å²) < 4.78 is 13.5. The molecule has 0 saturated heterocycles. The van der Waals surface area contributed by atoms with Gasteiger partial charge in [0.25, 0.3) is 0 Å². The highest BCUT2D eigenvalue weighted by atomic mass is 19.1. The van der Waals surface area contributed by atoms with Gasteiger partial charge in [-0.3, -0.25) is 4.79 Å². The molecule has 2 aliphatic rings. The monoisotopic (exact) mass is 286 g/mol. The molecule has 1 atom stereocenters. The third kappa shape index (κ3) is 2.23. The number of nitrogens with one attached hydrogen (secondary N) is 2. The molecule has 21 heavy (non-hydrogen) atoms. The zero-order valence-corrected chi connectivity index (χ0v) is 11.9. The smallest absolute Gasteiger partial charge is 0.223 e. The largest absolute Gasteiger partial charge is 0.358 e. The average Bonchev–Trinajstić information content (AvgIpc) is 2.74. The Labute approximate surface area is 122 Å². The van der Waals surface area contributed by atoms with Crippen LogP contribution in [0.4, 0.5) is 4.39 Å². The number of rotatable bonds is 2. The van der Waals surface area contributed by atoms with E-state index in [0.717, 1.165) is 43.0 Å². The van der Waals surface area contributed by atoms with Crippen LogP contribution in [0.1, 0.15) is 36.9 Å². The third-order valence-electron chi connectivity index (χ3n) is 4.97.